The number of aryl methyl sites for hydroxylation is 1. The molecule has 0 heteroatoms. The molecule has 19 heavy (non-hydrogen) atoms. The molecule has 0 aliphatic heterocycles. The monoisotopic (exact) mass is 252 g/mol. The normalized spacial score (nSPS) is 14.1. The minimum Gasteiger partial charge on any atom is -0.0622 e. The van der Waals surface area contributed by atoms with Crippen molar-refractivity contribution in [2.24, 2.45) is 5.92 Å². The average Bonchev–Trinajstić information content (AvgIpc) is 2.39. The third kappa shape index (κ3) is 4.24. The number of hydrogen-bond acceptors (Lipinski definition) is 0. The molecule has 0 fully saturated rings. The van der Waals surface area contributed by atoms with Gasteiger partial charge in [-0.2, -0.15) is 0 Å². The van der Waals surface area contributed by atoms with Crippen LogP contribution in [-0.4, -0.2) is 0 Å². The van der Waals surface area contributed by atoms with Crippen LogP contribution in [0.25, 0.3) is 0 Å². The lowest BCUT2D eigenvalue weighted by Crippen LogP contribution is -2.05. The molecule has 2 atom stereocenters. The summed E-state index contributed by atoms with van der Waals surface area (Å²) in [6, 6.07) is 19.7. The Bertz CT molecular complexity index is 498. The van der Waals surface area contributed by atoms with Gasteiger partial charge in [-0.3, -0.25) is 0 Å². The lowest BCUT2D eigenvalue weighted by molar-refractivity contribution is 0.482. The van der Waals surface area contributed by atoms with Crippen molar-refractivity contribution in [1.82, 2.24) is 0 Å². The minimum atomic E-state index is 0.640. The molecule has 0 radical (unpaired) electrons. The fourth-order valence-corrected chi connectivity index (χ4v) is 2.85. The molecule has 0 amide bonds. The molecule has 0 aliphatic rings. The highest BCUT2D eigenvalue weighted by atomic mass is 14.2. The maximum Gasteiger partial charge on any atom is -0.0188 e. The van der Waals surface area contributed by atoms with E-state index >= 15 is 0 Å². The maximum atomic E-state index is 2.36. The molecule has 0 N–H and O–H groups in total. The van der Waals surface area contributed by atoms with Crippen LogP contribution >= 0.6 is 0 Å². The SMILES string of the molecule is Cc1cccc(C[C@H](C)C[C@@H](C)c2ccccc2)c1. The molecule has 0 aliphatic carbocycles. The van der Waals surface area contributed by atoms with Crippen molar-refractivity contribution in [2.45, 2.75) is 39.5 Å². The van der Waals surface area contributed by atoms with E-state index in [4.69, 9.17) is 0 Å². The van der Waals surface area contributed by atoms with Crippen molar-refractivity contribution in [3.63, 3.8) is 0 Å². The van der Waals surface area contributed by atoms with Gasteiger partial charge in [0.2, 0.25) is 0 Å². The van der Waals surface area contributed by atoms with E-state index < -0.39 is 0 Å². The highest BCUT2D eigenvalue weighted by Crippen LogP contribution is 2.25. The molecule has 100 valence electrons. The summed E-state index contributed by atoms with van der Waals surface area (Å²) in [6.07, 6.45) is 2.43. The van der Waals surface area contributed by atoms with Crippen LogP contribution in [0.4, 0.5) is 0 Å². The van der Waals surface area contributed by atoms with Gasteiger partial charge in [-0.25, -0.2) is 0 Å². The topological polar surface area (TPSA) is 0 Å². The first-order valence-electron chi connectivity index (χ1n) is 7.25. The van der Waals surface area contributed by atoms with E-state index in [2.05, 4.69) is 75.4 Å². The first-order valence-corrected chi connectivity index (χ1v) is 7.25. The Hall–Kier alpha value is -1.56. The zero-order chi connectivity index (χ0) is 13.7. The van der Waals surface area contributed by atoms with E-state index in [1.807, 2.05) is 0 Å². The quantitative estimate of drug-likeness (QED) is 0.671. The third-order valence-electron chi connectivity index (χ3n) is 3.79. The van der Waals surface area contributed by atoms with Crippen LogP contribution in [0.3, 0.4) is 0 Å². The number of benzene rings is 2. The summed E-state index contributed by atoms with van der Waals surface area (Å²) in [5.74, 6) is 1.36. The summed E-state index contributed by atoms with van der Waals surface area (Å²) >= 11 is 0. The smallest absolute Gasteiger partial charge is 0.0188 e. The molecular formula is C19H24. The first-order chi connectivity index (χ1) is 9.15. The van der Waals surface area contributed by atoms with Crippen molar-refractivity contribution in [2.75, 3.05) is 0 Å². The second kappa shape index (κ2) is 6.56. The van der Waals surface area contributed by atoms with Gasteiger partial charge in [0.25, 0.3) is 0 Å². The van der Waals surface area contributed by atoms with Crippen LogP contribution in [0.5, 0.6) is 0 Å². The lowest BCUT2D eigenvalue weighted by atomic mass is 9.87. The van der Waals surface area contributed by atoms with Gasteiger partial charge < -0.3 is 0 Å². The van der Waals surface area contributed by atoms with Gasteiger partial charge >= 0.3 is 0 Å². The maximum absolute atomic E-state index is 2.36. The second-order valence-electron chi connectivity index (χ2n) is 5.85. The van der Waals surface area contributed by atoms with E-state index in [1.165, 1.54) is 29.5 Å². The highest BCUT2D eigenvalue weighted by molar-refractivity contribution is 5.23. The predicted molar refractivity (Wildman–Crippen MR) is 83.5 cm³/mol. The van der Waals surface area contributed by atoms with Crippen LogP contribution in [-0.2, 0) is 6.42 Å². The highest BCUT2D eigenvalue weighted by Gasteiger charge is 2.11. The molecule has 0 bridgehead atoms. The van der Waals surface area contributed by atoms with Crippen LogP contribution < -0.4 is 0 Å². The Morgan fingerprint density at radius 1 is 0.895 bits per heavy atom. The van der Waals surface area contributed by atoms with Gasteiger partial charge in [-0.05, 0) is 42.7 Å². The summed E-state index contributed by atoms with van der Waals surface area (Å²) < 4.78 is 0. The van der Waals surface area contributed by atoms with Gasteiger partial charge in [-0.15, -0.1) is 0 Å². The Morgan fingerprint density at radius 2 is 1.63 bits per heavy atom. The molecule has 2 rings (SSSR count). The Balaban J connectivity index is 1.92. The Morgan fingerprint density at radius 3 is 2.32 bits per heavy atom. The average molecular weight is 252 g/mol. The fraction of sp³-hybridized carbons (Fsp3) is 0.368. The fourth-order valence-electron chi connectivity index (χ4n) is 2.85. The molecule has 0 nitrogen and oxygen atoms in total. The Labute approximate surface area is 117 Å². The van der Waals surface area contributed by atoms with Gasteiger partial charge in [-0.1, -0.05) is 74.0 Å². The Kier molecular flexibility index (Phi) is 4.79. The van der Waals surface area contributed by atoms with E-state index in [1.54, 1.807) is 0 Å². The van der Waals surface area contributed by atoms with Crippen LogP contribution in [0.15, 0.2) is 54.6 Å². The zero-order valence-corrected chi connectivity index (χ0v) is 12.3. The van der Waals surface area contributed by atoms with Crippen molar-refractivity contribution >= 4 is 0 Å². The van der Waals surface area contributed by atoms with Crippen molar-refractivity contribution < 1.29 is 0 Å². The molecule has 0 saturated carbocycles. The molecular weight excluding hydrogens is 228 g/mol. The van der Waals surface area contributed by atoms with Crippen molar-refractivity contribution in [3.8, 4) is 0 Å². The molecule has 2 aromatic carbocycles. The van der Waals surface area contributed by atoms with Gasteiger partial charge in [0.1, 0.15) is 0 Å². The number of hydrogen-bond donors (Lipinski definition) is 0. The summed E-state index contributed by atoms with van der Waals surface area (Å²) in [7, 11) is 0. The summed E-state index contributed by atoms with van der Waals surface area (Å²) in [5.41, 5.74) is 4.28. The van der Waals surface area contributed by atoms with E-state index in [0.29, 0.717) is 5.92 Å². The first kappa shape index (κ1) is 13.9. The largest absolute Gasteiger partial charge is 0.0622 e. The van der Waals surface area contributed by atoms with Gasteiger partial charge in [0.05, 0.1) is 0 Å². The van der Waals surface area contributed by atoms with E-state index in [-0.39, 0.29) is 0 Å². The van der Waals surface area contributed by atoms with Gasteiger partial charge in [0.15, 0.2) is 0 Å². The van der Waals surface area contributed by atoms with Crippen LogP contribution in [0.2, 0.25) is 0 Å². The minimum absolute atomic E-state index is 0.640. The van der Waals surface area contributed by atoms with Gasteiger partial charge in [0, 0.05) is 0 Å². The van der Waals surface area contributed by atoms with Crippen LogP contribution in [0, 0.1) is 12.8 Å². The summed E-state index contributed by atoms with van der Waals surface area (Å²) in [5, 5.41) is 0. The molecule has 0 aromatic heterocycles. The molecule has 2 aromatic rings. The van der Waals surface area contributed by atoms with E-state index in [9.17, 15) is 0 Å². The zero-order valence-electron chi connectivity index (χ0n) is 12.3. The number of rotatable bonds is 5. The predicted octanol–water partition coefficient (Wildman–Crippen LogP) is 5.37. The second-order valence-corrected chi connectivity index (χ2v) is 5.85. The third-order valence-corrected chi connectivity index (χ3v) is 3.79. The summed E-state index contributed by atoms with van der Waals surface area (Å²) in [6.45, 7) is 6.87. The molecule has 0 spiro atoms. The molecule has 0 heterocycles. The van der Waals surface area contributed by atoms with Crippen molar-refractivity contribution in [1.29, 1.82) is 0 Å². The van der Waals surface area contributed by atoms with Crippen molar-refractivity contribution in [3.05, 3.63) is 71.3 Å². The summed E-state index contributed by atoms with van der Waals surface area (Å²) in [4.78, 5) is 0. The molecule has 0 unspecified atom stereocenters. The van der Waals surface area contributed by atoms with Crippen LogP contribution in [0.1, 0.15) is 42.9 Å². The molecule has 0 saturated heterocycles. The standard InChI is InChI=1S/C19H24/c1-15-8-7-9-18(13-15)14-16(2)12-17(3)19-10-5-4-6-11-19/h4-11,13,16-17H,12,14H2,1-3H3/t16-,17-/m1/s1. The van der Waals surface area contributed by atoms with E-state index in [0.717, 1.165) is 5.92 Å². The lowest BCUT2D eigenvalue weighted by Gasteiger charge is -2.18.